The van der Waals surface area contributed by atoms with Gasteiger partial charge in [0.25, 0.3) is 0 Å². The van der Waals surface area contributed by atoms with E-state index in [4.69, 9.17) is 28.3 Å². The fraction of sp³-hybridized carbons (Fsp3) is 0.100. The molecule has 0 atom stereocenters. The molecule has 104 valence electrons. The number of hydrogen-bond donors (Lipinski definition) is 2. The average molecular weight is 328 g/mol. The summed E-state index contributed by atoms with van der Waals surface area (Å²) in [5.74, 6) is -3.03. The minimum Gasteiger partial charge on any atom is -0.478 e. The largest absolute Gasteiger partial charge is 0.478 e. The monoisotopic (exact) mass is 327 g/mol. The van der Waals surface area contributed by atoms with Gasteiger partial charge in [-0.3, -0.25) is 0 Å². The van der Waals surface area contributed by atoms with Gasteiger partial charge in [-0.15, -0.1) is 0 Å². The first kappa shape index (κ1) is 15.9. The highest BCUT2D eigenvalue weighted by atomic mass is 35.5. The molecule has 1 aromatic rings. The van der Waals surface area contributed by atoms with E-state index in [0.717, 1.165) is 12.1 Å². The predicted molar refractivity (Wildman–Crippen MR) is 68.6 cm³/mol. The molecule has 9 heteroatoms. The van der Waals surface area contributed by atoms with Crippen molar-refractivity contribution >= 4 is 39.2 Å². The number of carbonyl (C=O) groups is 1. The van der Waals surface area contributed by atoms with Crippen LogP contribution in [0.15, 0.2) is 28.6 Å². The maximum absolute atomic E-state index is 13.8. The van der Waals surface area contributed by atoms with Gasteiger partial charge in [0, 0.05) is 16.6 Å². The number of nitrogens with one attached hydrogen (secondary N) is 1. The molecule has 0 heterocycles. The van der Waals surface area contributed by atoms with E-state index >= 15 is 0 Å². The van der Waals surface area contributed by atoms with Crippen LogP contribution in [-0.2, 0) is 10.0 Å². The molecule has 1 rings (SSSR count). The molecule has 0 saturated carbocycles. The van der Waals surface area contributed by atoms with Crippen molar-refractivity contribution in [2.75, 3.05) is 6.54 Å². The highest BCUT2D eigenvalue weighted by Gasteiger charge is 2.24. The summed E-state index contributed by atoms with van der Waals surface area (Å²) in [6.07, 6.45) is 0. The topological polar surface area (TPSA) is 83.5 Å². The highest BCUT2D eigenvalue weighted by molar-refractivity contribution is 7.89. The van der Waals surface area contributed by atoms with E-state index in [2.05, 4.69) is 6.58 Å². The summed E-state index contributed by atoms with van der Waals surface area (Å²) in [6.45, 7) is 2.94. The van der Waals surface area contributed by atoms with Gasteiger partial charge in [-0.25, -0.2) is 22.3 Å². The number of carboxylic acids is 1. The second kappa shape index (κ2) is 5.87. The second-order valence-electron chi connectivity index (χ2n) is 3.41. The van der Waals surface area contributed by atoms with Gasteiger partial charge < -0.3 is 5.11 Å². The minimum absolute atomic E-state index is 0.00975. The van der Waals surface area contributed by atoms with Crippen LogP contribution in [0.25, 0.3) is 0 Å². The van der Waals surface area contributed by atoms with Crippen molar-refractivity contribution in [2.24, 2.45) is 0 Å². The van der Waals surface area contributed by atoms with E-state index in [-0.39, 0.29) is 16.6 Å². The zero-order chi connectivity index (χ0) is 14.8. The molecule has 0 aliphatic carbocycles. The maximum Gasteiger partial charge on any atom is 0.338 e. The highest BCUT2D eigenvalue weighted by Crippen LogP contribution is 2.23. The lowest BCUT2D eigenvalue weighted by molar-refractivity contribution is 0.0691. The number of sulfonamides is 1. The number of benzene rings is 1. The summed E-state index contributed by atoms with van der Waals surface area (Å²) < 4.78 is 39.3. The van der Waals surface area contributed by atoms with Gasteiger partial charge in [0.05, 0.1) is 5.56 Å². The molecule has 0 saturated heterocycles. The first-order valence-corrected chi connectivity index (χ1v) is 6.94. The summed E-state index contributed by atoms with van der Waals surface area (Å²) in [6, 6.07) is 1.63. The van der Waals surface area contributed by atoms with Gasteiger partial charge in [0.2, 0.25) is 10.0 Å². The van der Waals surface area contributed by atoms with E-state index < -0.39 is 32.3 Å². The zero-order valence-electron chi connectivity index (χ0n) is 9.28. The fourth-order valence-electron chi connectivity index (χ4n) is 1.17. The van der Waals surface area contributed by atoms with Gasteiger partial charge in [-0.2, -0.15) is 0 Å². The third kappa shape index (κ3) is 3.90. The fourth-order valence-corrected chi connectivity index (χ4v) is 2.74. The van der Waals surface area contributed by atoms with Crippen molar-refractivity contribution in [2.45, 2.75) is 4.90 Å². The first-order valence-electron chi connectivity index (χ1n) is 4.70. The molecule has 2 N–H and O–H groups in total. The van der Waals surface area contributed by atoms with Crippen molar-refractivity contribution in [1.82, 2.24) is 4.72 Å². The van der Waals surface area contributed by atoms with Crippen LogP contribution < -0.4 is 4.72 Å². The lowest BCUT2D eigenvalue weighted by Gasteiger charge is -2.09. The Labute approximate surface area is 118 Å². The molecule has 0 bridgehead atoms. The zero-order valence-corrected chi connectivity index (χ0v) is 11.6. The average Bonchev–Trinajstić information content (AvgIpc) is 2.28. The number of hydrogen-bond acceptors (Lipinski definition) is 3. The third-order valence-electron chi connectivity index (χ3n) is 1.98. The Morgan fingerprint density at radius 2 is 2.05 bits per heavy atom. The van der Waals surface area contributed by atoms with Crippen LogP contribution in [0.3, 0.4) is 0 Å². The van der Waals surface area contributed by atoms with E-state index in [1.807, 2.05) is 4.72 Å². The Morgan fingerprint density at radius 1 is 1.47 bits per heavy atom. The van der Waals surface area contributed by atoms with Gasteiger partial charge in [0.1, 0.15) is 4.90 Å². The van der Waals surface area contributed by atoms with Crippen molar-refractivity contribution in [3.63, 3.8) is 0 Å². The third-order valence-corrected chi connectivity index (χ3v) is 3.73. The maximum atomic E-state index is 13.8. The molecule has 5 nitrogen and oxygen atoms in total. The van der Waals surface area contributed by atoms with Crippen molar-refractivity contribution in [1.29, 1.82) is 0 Å². The number of aromatic carboxylic acids is 1. The smallest absolute Gasteiger partial charge is 0.338 e. The Kier molecular flexibility index (Phi) is 4.92. The minimum atomic E-state index is -4.28. The molecule has 0 unspecified atom stereocenters. The Bertz CT molecular complexity index is 645. The van der Waals surface area contributed by atoms with Crippen LogP contribution >= 0.6 is 23.2 Å². The van der Waals surface area contributed by atoms with Crippen LogP contribution in [0.1, 0.15) is 10.4 Å². The van der Waals surface area contributed by atoms with E-state index in [1.54, 1.807) is 0 Å². The first-order chi connectivity index (χ1) is 8.65. The standard InChI is InChI=1S/C10H8Cl2FNO4S/c1-5(11)4-14-19(17,18)8-3-6(12)2-7(9(8)13)10(15)16/h2-3,14H,1,4H2,(H,15,16). The molecule has 19 heavy (non-hydrogen) atoms. The molecule has 0 aromatic heterocycles. The Morgan fingerprint density at radius 3 is 2.53 bits per heavy atom. The predicted octanol–water partition coefficient (Wildman–Crippen LogP) is 2.21. The molecule has 0 aliphatic heterocycles. The van der Waals surface area contributed by atoms with E-state index in [9.17, 15) is 17.6 Å². The number of halogens is 3. The lowest BCUT2D eigenvalue weighted by Crippen LogP contribution is -2.26. The molecule has 0 spiro atoms. The van der Waals surface area contributed by atoms with Gasteiger partial charge >= 0.3 is 5.97 Å². The van der Waals surface area contributed by atoms with Crippen LogP contribution in [0, 0.1) is 5.82 Å². The van der Waals surface area contributed by atoms with Crippen molar-refractivity contribution < 1.29 is 22.7 Å². The molecule has 0 aliphatic rings. The number of rotatable bonds is 5. The molecular formula is C10H8Cl2FNO4S. The molecule has 0 radical (unpaired) electrons. The summed E-state index contributed by atoms with van der Waals surface area (Å²) in [5.41, 5.74) is -0.836. The van der Waals surface area contributed by atoms with E-state index in [0.29, 0.717) is 0 Å². The van der Waals surface area contributed by atoms with Crippen LogP contribution in [0.5, 0.6) is 0 Å². The van der Waals surface area contributed by atoms with Gasteiger partial charge in [0.15, 0.2) is 5.82 Å². The van der Waals surface area contributed by atoms with Gasteiger partial charge in [-0.05, 0) is 12.1 Å². The van der Waals surface area contributed by atoms with Crippen molar-refractivity contribution in [3.05, 3.63) is 40.1 Å². The lowest BCUT2D eigenvalue weighted by atomic mass is 10.2. The normalized spacial score (nSPS) is 11.3. The number of carboxylic acid groups (broad SMARTS) is 1. The Balaban J connectivity index is 3.34. The summed E-state index contributed by atoms with van der Waals surface area (Å²) >= 11 is 11.0. The van der Waals surface area contributed by atoms with Gasteiger partial charge in [-0.1, -0.05) is 29.8 Å². The molecule has 0 fully saturated rings. The van der Waals surface area contributed by atoms with Crippen molar-refractivity contribution in [3.8, 4) is 0 Å². The van der Waals surface area contributed by atoms with Crippen LogP contribution in [-0.4, -0.2) is 26.0 Å². The molecule has 0 amide bonds. The summed E-state index contributed by atoms with van der Waals surface area (Å²) in [5, 5.41) is 8.52. The SMILES string of the molecule is C=C(Cl)CNS(=O)(=O)c1cc(Cl)cc(C(=O)O)c1F. The van der Waals surface area contributed by atoms with Crippen LogP contribution in [0.2, 0.25) is 5.02 Å². The van der Waals surface area contributed by atoms with E-state index in [1.165, 1.54) is 0 Å². The second-order valence-corrected chi connectivity index (χ2v) is 6.12. The molecular weight excluding hydrogens is 320 g/mol. The Hall–Kier alpha value is -1.15. The molecule has 1 aromatic carbocycles. The van der Waals surface area contributed by atoms with Crippen LogP contribution in [0.4, 0.5) is 4.39 Å². The summed E-state index contributed by atoms with van der Waals surface area (Å²) in [7, 11) is -4.28. The quantitative estimate of drug-likeness (QED) is 0.868. The summed E-state index contributed by atoms with van der Waals surface area (Å²) in [4.78, 5) is 9.90.